The Morgan fingerprint density at radius 3 is 2.75 bits per heavy atom. The molecule has 0 bridgehead atoms. The van der Waals surface area contributed by atoms with Crippen LogP contribution in [0.15, 0.2) is 24.3 Å². The highest BCUT2D eigenvalue weighted by Gasteiger charge is 2.28. The summed E-state index contributed by atoms with van der Waals surface area (Å²) in [5.41, 5.74) is 8.45. The number of likely N-dealkylation sites (tertiary alicyclic amines) is 1. The number of piperidine rings is 1. The Kier molecular flexibility index (Phi) is 3.52. The van der Waals surface area contributed by atoms with Gasteiger partial charge in [-0.15, -0.1) is 0 Å². The number of aromatic nitrogens is 2. The second-order valence-corrected chi connectivity index (χ2v) is 6.25. The summed E-state index contributed by atoms with van der Waals surface area (Å²) < 4.78 is 2.21. The molecule has 0 aliphatic carbocycles. The van der Waals surface area contributed by atoms with Crippen LogP contribution in [0.1, 0.15) is 32.1 Å². The molecule has 4 heteroatoms. The number of imidazole rings is 1. The number of benzene rings is 1. The zero-order valence-electron chi connectivity index (χ0n) is 12.6. The number of nitrogens with zero attached hydrogens (tertiary/aromatic N) is 3. The summed E-state index contributed by atoms with van der Waals surface area (Å²) in [7, 11) is 2.11. The van der Waals surface area contributed by atoms with Crippen LogP contribution in [0, 0.1) is 5.92 Å². The molecule has 4 nitrogen and oxygen atoms in total. The summed E-state index contributed by atoms with van der Waals surface area (Å²) in [6, 6.07) is 8.91. The number of para-hydroxylation sites is 2. The lowest BCUT2D eigenvalue weighted by Crippen LogP contribution is -2.47. The number of nitrogens with two attached hydrogens (primary N) is 1. The molecule has 1 aromatic heterocycles. The van der Waals surface area contributed by atoms with Gasteiger partial charge >= 0.3 is 0 Å². The zero-order chi connectivity index (χ0) is 14.3. The first-order chi connectivity index (χ1) is 9.56. The van der Waals surface area contributed by atoms with Crippen LogP contribution >= 0.6 is 0 Å². The van der Waals surface area contributed by atoms with Crippen LogP contribution in [0.5, 0.6) is 0 Å². The van der Waals surface area contributed by atoms with Crippen molar-refractivity contribution >= 4 is 11.0 Å². The number of hydrogen-bond donors (Lipinski definition) is 1. The molecule has 20 heavy (non-hydrogen) atoms. The van der Waals surface area contributed by atoms with E-state index in [0.29, 0.717) is 12.0 Å². The van der Waals surface area contributed by atoms with Crippen molar-refractivity contribution in [2.75, 3.05) is 13.1 Å². The van der Waals surface area contributed by atoms with Crippen LogP contribution in [-0.4, -0.2) is 33.6 Å². The molecule has 1 aromatic carbocycles. The van der Waals surface area contributed by atoms with E-state index in [4.69, 9.17) is 10.7 Å². The summed E-state index contributed by atoms with van der Waals surface area (Å²) in [5.74, 6) is 1.79. The lowest BCUT2D eigenvalue weighted by Gasteiger charge is -2.38. The molecule has 1 aliphatic heterocycles. The molecule has 3 atom stereocenters. The molecule has 2 N–H and O–H groups in total. The third kappa shape index (κ3) is 2.34. The Bertz CT molecular complexity index is 594. The van der Waals surface area contributed by atoms with Crippen molar-refractivity contribution in [2.24, 2.45) is 18.7 Å². The molecule has 1 aliphatic rings. The second-order valence-electron chi connectivity index (χ2n) is 6.25. The molecule has 3 rings (SSSR count). The van der Waals surface area contributed by atoms with E-state index in [2.05, 4.69) is 48.6 Å². The monoisotopic (exact) mass is 272 g/mol. The fourth-order valence-corrected chi connectivity index (χ4v) is 3.46. The van der Waals surface area contributed by atoms with Gasteiger partial charge in [0.15, 0.2) is 0 Å². The molecule has 1 saturated heterocycles. The summed E-state index contributed by atoms with van der Waals surface area (Å²) in [6.07, 6.45) is 1.13. The summed E-state index contributed by atoms with van der Waals surface area (Å²) in [6.45, 7) is 6.60. The molecule has 0 radical (unpaired) electrons. The van der Waals surface area contributed by atoms with Crippen molar-refractivity contribution in [2.45, 2.75) is 32.4 Å². The number of rotatable bonds is 2. The maximum absolute atomic E-state index is 6.18. The van der Waals surface area contributed by atoms with Gasteiger partial charge in [0.2, 0.25) is 0 Å². The van der Waals surface area contributed by atoms with Gasteiger partial charge in [-0.3, -0.25) is 4.90 Å². The van der Waals surface area contributed by atoms with Gasteiger partial charge in [-0.1, -0.05) is 19.1 Å². The Hall–Kier alpha value is -1.39. The van der Waals surface area contributed by atoms with Crippen LogP contribution in [0.4, 0.5) is 0 Å². The van der Waals surface area contributed by atoms with Crippen molar-refractivity contribution in [3.8, 4) is 0 Å². The standard InChI is InChI=1S/C16H24N4/c1-11-8-13(17)10-20(9-11)12(2)16-18-14-6-4-5-7-15(14)19(16)3/h4-7,11-13H,8-10,17H2,1-3H3. The smallest absolute Gasteiger partial charge is 0.126 e. The average Bonchev–Trinajstić information content (AvgIpc) is 2.75. The minimum atomic E-state index is 0.288. The van der Waals surface area contributed by atoms with Crippen molar-refractivity contribution < 1.29 is 0 Å². The van der Waals surface area contributed by atoms with E-state index in [1.807, 2.05) is 6.07 Å². The number of fused-ring (bicyclic) bond motifs is 1. The maximum atomic E-state index is 6.18. The molecule has 0 amide bonds. The summed E-state index contributed by atoms with van der Waals surface area (Å²) in [4.78, 5) is 7.29. The fourth-order valence-electron chi connectivity index (χ4n) is 3.46. The van der Waals surface area contributed by atoms with Crippen LogP contribution in [0.25, 0.3) is 11.0 Å². The van der Waals surface area contributed by atoms with Gasteiger partial charge in [0.05, 0.1) is 17.1 Å². The number of aryl methyl sites for hydroxylation is 1. The molecular formula is C16H24N4. The van der Waals surface area contributed by atoms with E-state index in [-0.39, 0.29) is 6.04 Å². The highest BCUT2D eigenvalue weighted by atomic mass is 15.2. The van der Waals surface area contributed by atoms with Crippen LogP contribution < -0.4 is 5.73 Å². The van der Waals surface area contributed by atoms with E-state index in [0.717, 1.165) is 30.9 Å². The maximum Gasteiger partial charge on any atom is 0.126 e. The van der Waals surface area contributed by atoms with Crippen LogP contribution in [0.3, 0.4) is 0 Å². The molecule has 2 aromatic rings. The first-order valence-electron chi connectivity index (χ1n) is 7.47. The lowest BCUT2D eigenvalue weighted by atomic mass is 9.95. The lowest BCUT2D eigenvalue weighted by molar-refractivity contribution is 0.118. The minimum absolute atomic E-state index is 0.288. The first kappa shape index (κ1) is 13.6. The van der Waals surface area contributed by atoms with E-state index in [1.54, 1.807) is 0 Å². The van der Waals surface area contributed by atoms with Crippen molar-refractivity contribution in [3.05, 3.63) is 30.1 Å². The predicted molar refractivity (Wildman–Crippen MR) is 82.5 cm³/mol. The highest BCUT2D eigenvalue weighted by molar-refractivity contribution is 5.75. The van der Waals surface area contributed by atoms with Crippen LogP contribution in [-0.2, 0) is 7.05 Å². The number of hydrogen-bond acceptors (Lipinski definition) is 3. The predicted octanol–water partition coefficient (Wildman–Crippen LogP) is 2.30. The summed E-state index contributed by atoms with van der Waals surface area (Å²) >= 11 is 0. The minimum Gasteiger partial charge on any atom is -0.330 e. The van der Waals surface area contributed by atoms with Crippen molar-refractivity contribution in [1.82, 2.24) is 14.5 Å². The van der Waals surface area contributed by atoms with E-state index >= 15 is 0 Å². The van der Waals surface area contributed by atoms with Gasteiger partial charge in [0.25, 0.3) is 0 Å². The molecular weight excluding hydrogens is 248 g/mol. The first-order valence-corrected chi connectivity index (χ1v) is 7.47. The molecule has 108 valence electrons. The zero-order valence-corrected chi connectivity index (χ0v) is 12.6. The highest BCUT2D eigenvalue weighted by Crippen LogP contribution is 2.27. The Labute approximate surface area is 120 Å². The fraction of sp³-hybridized carbons (Fsp3) is 0.562. The van der Waals surface area contributed by atoms with E-state index < -0.39 is 0 Å². The normalized spacial score (nSPS) is 26.0. The van der Waals surface area contributed by atoms with Gasteiger partial charge in [-0.05, 0) is 31.4 Å². The van der Waals surface area contributed by atoms with Crippen LogP contribution in [0.2, 0.25) is 0 Å². The Morgan fingerprint density at radius 2 is 2.05 bits per heavy atom. The van der Waals surface area contributed by atoms with Gasteiger partial charge in [-0.2, -0.15) is 0 Å². The topological polar surface area (TPSA) is 47.1 Å². The quantitative estimate of drug-likeness (QED) is 0.912. The molecule has 1 fully saturated rings. The van der Waals surface area contributed by atoms with Crippen molar-refractivity contribution in [3.63, 3.8) is 0 Å². The van der Waals surface area contributed by atoms with Gasteiger partial charge in [-0.25, -0.2) is 4.98 Å². The van der Waals surface area contributed by atoms with Gasteiger partial charge in [0, 0.05) is 26.2 Å². The SMILES string of the molecule is CC1CC(N)CN(C(C)c2nc3ccccc3n2C)C1. The van der Waals surface area contributed by atoms with Gasteiger partial charge < -0.3 is 10.3 Å². The Balaban J connectivity index is 1.92. The molecule has 2 heterocycles. The second kappa shape index (κ2) is 5.19. The van der Waals surface area contributed by atoms with E-state index in [9.17, 15) is 0 Å². The van der Waals surface area contributed by atoms with Crippen molar-refractivity contribution in [1.29, 1.82) is 0 Å². The molecule has 0 spiro atoms. The van der Waals surface area contributed by atoms with Gasteiger partial charge in [0.1, 0.15) is 5.82 Å². The average molecular weight is 272 g/mol. The Morgan fingerprint density at radius 1 is 1.30 bits per heavy atom. The third-order valence-corrected chi connectivity index (χ3v) is 4.46. The third-order valence-electron chi connectivity index (χ3n) is 4.46. The molecule has 3 unspecified atom stereocenters. The van der Waals surface area contributed by atoms with E-state index in [1.165, 1.54) is 5.52 Å². The largest absolute Gasteiger partial charge is 0.330 e. The summed E-state index contributed by atoms with van der Waals surface area (Å²) in [5, 5.41) is 0. The molecule has 0 saturated carbocycles.